The van der Waals surface area contributed by atoms with Crippen molar-refractivity contribution in [1.29, 1.82) is 0 Å². The topological polar surface area (TPSA) is 35.9 Å². The van der Waals surface area contributed by atoms with Gasteiger partial charge in [-0.1, -0.05) is 11.6 Å². The lowest BCUT2D eigenvalue weighted by molar-refractivity contribution is 0.171. The largest absolute Gasteiger partial charge is 0.496 e. The molecule has 5 heteroatoms. The summed E-state index contributed by atoms with van der Waals surface area (Å²) in [6, 6.07) is 11.4. The van der Waals surface area contributed by atoms with E-state index in [0.717, 1.165) is 43.1 Å². The van der Waals surface area contributed by atoms with Crippen LogP contribution in [0.3, 0.4) is 0 Å². The van der Waals surface area contributed by atoms with E-state index in [0.29, 0.717) is 11.8 Å². The molecule has 0 fully saturated rings. The number of fused-ring (bicyclic) bond motifs is 3. The molecule has 3 aromatic rings. The fourth-order valence-electron chi connectivity index (χ4n) is 5.62. The van der Waals surface area contributed by atoms with Crippen molar-refractivity contribution in [3.8, 4) is 17.2 Å². The van der Waals surface area contributed by atoms with Crippen LogP contribution in [0.4, 0.5) is 0 Å². The molecule has 2 heterocycles. The highest BCUT2D eigenvalue weighted by Gasteiger charge is 2.33. The highest BCUT2D eigenvalue weighted by atomic mass is 16.5. The monoisotopic (exact) mass is 420 g/mol. The molecule has 0 spiro atoms. The molecular weight excluding hydrogens is 388 g/mol. The molecule has 1 aliphatic carbocycles. The molecule has 1 aromatic heterocycles. The molecule has 31 heavy (non-hydrogen) atoms. The lowest BCUT2D eigenvalue weighted by atomic mass is 9.90. The van der Waals surface area contributed by atoms with Gasteiger partial charge >= 0.3 is 0 Å². The van der Waals surface area contributed by atoms with E-state index in [4.69, 9.17) is 14.2 Å². The molecule has 2 aromatic carbocycles. The van der Waals surface area contributed by atoms with E-state index in [1.807, 2.05) is 6.07 Å². The van der Waals surface area contributed by atoms with Crippen molar-refractivity contribution in [1.82, 2.24) is 9.47 Å². The van der Waals surface area contributed by atoms with Gasteiger partial charge < -0.3 is 18.8 Å². The second-order valence-electron chi connectivity index (χ2n) is 8.79. The fourth-order valence-corrected chi connectivity index (χ4v) is 5.62. The molecule has 0 amide bonds. The second-order valence-corrected chi connectivity index (χ2v) is 8.79. The fraction of sp³-hybridized carbons (Fsp3) is 0.462. The number of rotatable bonds is 5. The van der Waals surface area contributed by atoms with Gasteiger partial charge in [0.1, 0.15) is 5.75 Å². The zero-order valence-electron chi connectivity index (χ0n) is 19.0. The third-order valence-electron chi connectivity index (χ3n) is 7.02. The standard InChI is InChI=1S/C26H32N2O3/c1-17-9-10-21-20(13-17)19-7-5-8-22-26(19)28(21)12-6-11-27(22)16-18-14-24(30-3)25(31-4)15-23(18)29-2/h9-10,13-15,22H,5-8,11-12,16H2,1-4H3. The van der Waals surface area contributed by atoms with E-state index < -0.39 is 0 Å². The van der Waals surface area contributed by atoms with E-state index in [1.165, 1.54) is 35.7 Å². The van der Waals surface area contributed by atoms with E-state index in [-0.39, 0.29) is 0 Å². The van der Waals surface area contributed by atoms with Crippen LogP contribution in [0.15, 0.2) is 30.3 Å². The van der Waals surface area contributed by atoms with Gasteiger partial charge in [-0.15, -0.1) is 0 Å². The molecule has 5 rings (SSSR count). The molecule has 1 unspecified atom stereocenters. The van der Waals surface area contributed by atoms with Crippen LogP contribution in [0.5, 0.6) is 17.2 Å². The zero-order chi connectivity index (χ0) is 21.5. The van der Waals surface area contributed by atoms with Crippen molar-refractivity contribution in [3.05, 3.63) is 52.7 Å². The predicted molar refractivity (Wildman–Crippen MR) is 123 cm³/mol. The lowest BCUT2D eigenvalue weighted by Crippen LogP contribution is -2.31. The van der Waals surface area contributed by atoms with Gasteiger partial charge in [-0.2, -0.15) is 0 Å². The van der Waals surface area contributed by atoms with Gasteiger partial charge in [-0.3, -0.25) is 4.90 Å². The first kappa shape index (κ1) is 20.3. The van der Waals surface area contributed by atoms with E-state index in [1.54, 1.807) is 32.6 Å². The number of aryl methyl sites for hydroxylation is 3. The molecule has 0 saturated carbocycles. The minimum absolute atomic E-state index is 0.441. The summed E-state index contributed by atoms with van der Waals surface area (Å²) < 4.78 is 19.4. The van der Waals surface area contributed by atoms with Crippen LogP contribution in [-0.2, 0) is 19.5 Å². The number of benzene rings is 2. The average molecular weight is 421 g/mol. The van der Waals surface area contributed by atoms with Gasteiger partial charge in [0.15, 0.2) is 11.5 Å². The molecule has 0 saturated heterocycles. The first-order valence-corrected chi connectivity index (χ1v) is 11.3. The Labute approximate surface area is 184 Å². The number of ether oxygens (including phenoxy) is 3. The molecular formula is C26H32N2O3. The summed E-state index contributed by atoms with van der Waals surface area (Å²) in [5.41, 5.74) is 7.02. The van der Waals surface area contributed by atoms with Crippen molar-refractivity contribution in [2.45, 2.75) is 51.7 Å². The smallest absolute Gasteiger partial charge is 0.164 e. The molecule has 0 radical (unpaired) electrons. The third kappa shape index (κ3) is 3.35. The predicted octanol–water partition coefficient (Wildman–Crippen LogP) is 5.26. The van der Waals surface area contributed by atoms with Crippen LogP contribution in [0.2, 0.25) is 0 Å². The van der Waals surface area contributed by atoms with Crippen LogP contribution >= 0.6 is 0 Å². The van der Waals surface area contributed by atoms with Crippen LogP contribution < -0.4 is 14.2 Å². The van der Waals surface area contributed by atoms with Crippen molar-refractivity contribution in [3.63, 3.8) is 0 Å². The summed E-state index contributed by atoms with van der Waals surface area (Å²) in [6.45, 7) is 5.21. The first-order valence-electron chi connectivity index (χ1n) is 11.3. The summed E-state index contributed by atoms with van der Waals surface area (Å²) in [4.78, 5) is 2.65. The van der Waals surface area contributed by atoms with Gasteiger partial charge in [-0.25, -0.2) is 0 Å². The Balaban J connectivity index is 1.57. The average Bonchev–Trinajstić information content (AvgIpc) is 2.98. The Morgan fingerprint density at radius 1 is 0.903 bits per heavy atom. The Kier molecular flexibility index (Phi) is 5.30. The Morgan fingerprint density at radius 3 is 2.45 bits per heavy atom. The Hall–Kier alpha value is -2.66. The van der Waals surface area contributed by atoms with Crippen molar-refractivity contribution in [2.24, 2.45) is 0 Å². The zero-order valence-corrected chi connectivity index (χ0v) is 19.0. The van der Waals surface area contributed by atoms with E-state index >= 15 is 0 Å². The minimum atomic E-state index is 0.441. The maximum absolute atomic E-state index is 5.73. The normalized spacial score (nSPS) is 18.5. The van der Waals surface area contributed by atoms with Crippen LogP contribution in [-0.4, -0.2) is 37.3 Å². The molecule has 1 aliphatic heterocycles. The molecule has 2 aliphatic rings. The lowest BCUT2D eigenvalue weighted by Gasteiger charge is -2.34. The highest BCUT2D eigenvalue weighted by Crippen LogP contribution is 2.44. The number of hydrogen-bond acceptors (Lipinski definition) is 4. The summed E-state index contributed by atoms with van der Waals surface area (Å²) in [5.74, 6) is 2.31. The van der Waals surface area contributed by atoms with Gasteiger partial charge in [0.25, 0.3) is 0 Å². The Bertz CT molecular complexity index is 1110. The van der Waals surface area contributed by atoms with Crippen LogP contribution in [0.1, 0.15) is 47.7 Å². The number of methoxy groups -OCH3 is 3. The minimum Gasteiger partial charge on any atom is -0.496 e. The Morgan fingerprint density at radius 2 is 1.68 bits per heavy atom. The maximum atomic E-state index is 5.73. The first-order chi connectivity index (χ1) is 15.1. The number of nitrogens with zero attached hydrogens (tertiary/aromatic N) is 2. The van der Waals surface area contributed by atoms with Crippen molar-refractivity contribution in [2.75, 3.05) is 27.9 Å². The molecule has 5 nitrogen and oxygen atoms in total. The highest BCUT2D eigenvalue weighted by molar-refractivity contribution is 5.87. The van der Waals surface area contributed by atoms with Gasteiger partial charge in [-0.05, 0) is 56.4 Å². The van der Waals surface area contributed by atoms with E-state index in [2.05, 4.69) is 40.7 Å². The van der Waals surface area contributed by atoms with Crippen LogP contribution in [0, 0.1) is 6.92 Å². The molecule has 0 N–H and O–H groups in total. The summed E-state index contributed by atoms with van der Waals surface area (Å²) in [6.07, 6.45) is 4.78. The number of aromatic nitrogens is 1. The third-order valence-corrected chi connectivity index (χ3v) is 7.02. The second kappa shape index (κ2) is 8.12. The van der Waals surface area contributed by atoms with Gasteiger partial charge in [0.05, 0.1) is 27.4 Å². The van der Waals surface area contributed by atoms with Crippen molar-refractivity contribution < 1.29 is 14.2 Å². The van der Waals surface area contributed by atoms with Crippen LogP contribution in [0.25, 0.3) is 10.9 Å². The SMILES string of the molecule is COc1cc(OC)c(OC)cc1CN1CCCn2c3c(c4cc(C)ccc42)CCCC31. The molecule has 164 valence electrons. The van der Waals surface area contributed by atoms with Gasteiger partial charge in [0.2, 0.25) is 0 Å². The molecule has 0 bridgehead atoms. The van der Waals surface area contributed by atoms with Crippen molar-refractivity contribution >= 4 is 10.9 Å². The quantitative estimate of drug-likeness (QED) is 0.564. The number of hydrogen-bond donors (Lipinski definition) is 0. The summed E-state index contributed by atoms with van der Waals surface area (Å²) in [7, 11) is 5.08. The molecule has 1 atom stereocenters. The summed E-state index contributed by atoms with van der Waals surface area (Å²) >= 11 is 0. The van der Waals surface area contributed by atoms with E-state index in [9.17, 15) is 0 Å². The van der Waals surface area contributed by atoms with Gasteiger partial charge in [0, 0.05) is 47.9 Å². The maximum Gasteiger partial charge on any atom is 0.164 e. The summed E-state index contributed by atoms with van der Waals surface area (Å²) in [5, 5.41) is 1.46.